The van der Waals surface area contributed by atoms with Crippen LogP contribution < -0.4 is 49.0 Å². The van der Waals surface area contributed by atoms with Crippen molar-refractivity contribution in [3.63, 3.8) is 0 Å². The summed E-state index contributed by atoms with van der Waals surface area (Å²) in [5.41, 5.74) is 14.2. The number of fused-ring (bicyclic) bond motifs is 4. The molecule has 3 aliphatic rings. The van der Waals surface area contributed by atoms with Gasteiger partial charge in [0.05, 0.1) is 105 Å². The third kappa shape index (κ3) is 19.5. The summed E-state index contributed by atoms with van der Waals surface area (Å²) in [6.45, 7) is 19.3. The number of methoxy groups -OCH3 is 3. The van der Waals surface area contributed by atoms with Gasteiger partial charge in [0, 0.05) is 77.3 Å². The van der Waals surface area contributed by atoms with Gasteiger partial charge in [-0.3, -0.25) is 29.3 Å². The number of anilines is 6. The second-order valence-corrected chi connectivity index (χ2v) is 45.7. The van der Waals surface area contributed by atoms with E-state index in [9.17, 15) is 17.6 Å². The number of rotatable bonds is 23. The number of hydrogen-bond donors (Lipinski definition) is 4. The summed E-state index contributed by atoms with van der Waals surface area (Å²) in [7, 11) is 4.99. The molecule has 2 fully saturated rings. The Labute approximate surface area is 682 Å². The Kier molecular flexibility index (Phi) is 26.2. The van der Waals surface area contributed by atoms with E-state index in [2.05, 4.69) is 154 Å². The summed E-state index contributed by atoms with van der Waals surface area (Å²) in [6, 6.07) is 43.8. The Balaban J connectivity index is 0.000000136. The van der Waals surface area contributed by atoms with Gasteiger partial charge < -0.3 is 35.2 Å². The van der Waals surface area contributed by atoms with Crippen molar-refractivity contribution >= 4 is 107 Å². The molecule has 13 aromatic rings. The van der Waals surface area contributed by atoms with Crippen LogP contribution in [0.4, 0.5) is 52.2 Å². The number of pyridine rings is 7. The Morgan fingerprint density at radius 2 is 0.759 bits per heavy atom. The van der Waals surface area contributed by atoms with Crippen LogP contribution in [0.1, 0.15) is 88.9 Å². The molecule has 0 aliphatic carbocycles. The molecule has 3 aromatic carbocycles. The third-order valence-corrected chi connectivity index (χ3v) is 24.9. The molecule has 23 nitrogen and oxygen atoms in total. The second-order valence-electron chi connectivity index (χ2n) is 31.1. The van der Waals surface area contributed by atoms with Gasteiger partial charge in [-0.05, 0) is 137 Å². The van der Waals surface area contributed by atoms with Crippen LogP contribution in [0.5, 0.6) is 17.2 Å². The molecule has 16 rings (SSSR count). The predicted molar refractivity (Wildman–Crippen MR) is 460 cm³/mol. The predicted octanol–water partition coefficient (Wildman–Crippen LogP) is 16.9. The van der Waals surface area contributed by atoms with Crippen molar-refractivity contribution in [3.05, 3.63) is 215 Å². The standard InChI is InChI=1S/C26H28F2N6O.C22H22ClN5O.C19H21F2N5.C17H19N4O.3CH3.Sn/c1-16(2)31-26-24-23(9-11-30-26)34(13-17-4-6-19(35-3)7-5-17)32-25(24)22-12-18(8-10-29-22)33-14-20(27)21(28)15-33;1-14(2)26-22-20-19(9-11-25-22)28(13-15-4-6-17(29-3)7-5-15)27-21(20)18-12-16(23)8-10-24-18;1-11(2)25-19-17-12(3-5-23-19)8-24-18(17)16-7-13(4-6-22-16)26-9-14(20)15(21)10-26;1-12(2)20-17-15-10-19-21(16(15)8-9-18-17)11-13-4-6-14(22-3)7-5-13;;;;/h4-12,16,20-21H,13-15H2,1-3H3,(H,30,31);4-12,14H,13H2,1-3H3,(H,25,26);3-7,11,14-15H,8-10H2,1-2H3,(H,23,25);4-9,12H,11H2,1-3H3,(H,18,20);3*1H3;/t20-,21-;;14-,15-;;;;;/m1.1...../s1. The van der Waals surface area contributed by atoms with Crippen LogP contribution in [0.25, 0.3) is 55.5 Å². The van der Waals surface area contributed by atoms with E-state index in [1.807, 2.05) is 113 Å². The summed E-state index contributed by atoms with van der Waals surface area (Å²) in [5, 5.41) is 32.2. The Hall–Kier alpha value is -11.2. The molecule has 0 bridgehead atoms. The van der Waals surface area contributed by atoms with Crippen LogP contribution in [-0.2, 0) is 26.2 Å². The van der Waals surface area contributed by atoms with Crippen LogP contribution in [-0.4, -0.2) is 185 Å². The van der Waals surface area contributed by atoms with E-state index < -0.39 is 43.1 Å². The van der Waals surface area contributed by atoms with Gasteiger partial charge in [0.1, 0.15) is 40.3 Å². The van der Waals surface area contributed by atoms with E-state index >= 15 is 0 Å². The fourth-order valence-corrected chi connectivity index (χ4v) is 18.3. The molecule has 0 amide bonds. The fraction of sp³-hybridized carbons (Fsp3) is 0.345. The molecular formula is C87H99ClF4N20O3Sn. The molecule has 4 N–H and O–H groups in total. The van der Waals surface area contributed by atoms with Gasteiger partial charge in [-0.2, -0.15) is 10.2 Å². The molecule has 29 heteroatoms. The van der Waals surface area contributed by atoms with Crippen LogP contribution in [0.15, 0.2) is 182 Å². The van der Waals surface area contributed by atoms with Crippen LogP contribution in [0, 0.1) is 0 Å². The van der Waals surface area contributed by atoms with Gasteiger partial charge in [-0.1, -0.05) is 35.9 Å². The van der Waals surface area contributed by atoms with Crippen molar-refractivity contribution in [1.82, 2.24) is 64.2 Å². The zero-order valence-corrected chi connectivity index (χ0v) is 71.4. The molecule has 0 unspecified atom stereocenters. The summed E-state index contributed by atoms with van der Waals surface area (Å²) < 4.78 is 77.9. The summed E-state index contributed by atoms with van der Waals surface area (Å²) in [4.78, 5) is 47.0. The van der Waals surface area contributed by atoms with E-state index in [4.69, 9.17) is 41.1 Å². The number of aliphatic imine (C=N–C) groups is 1. The van der Waals surface area contributed by atoms with Crippen molar-refractivity contribution in [1.29, 1.82) is 0 Å². The number of nitrogens with zero attached hydrogens (tertiary/aromatic N) is 16. The number of hydrogen-bond acceptors (Lipinski definition) is 20. The maximum absolute atomic E-state index is 13.8. The van der Waals surface area contributed by atoms with Crippen LogP contribution >= 0.6 is 11.6 Å². The monoisotopic (exact) mass is 1700 g/mol. The van der Waals surface area contributed by atoms with Crippen molar-refractivity contribution in [2.75, 3.05) is 78.6 Å². The SMILES string of the molecule is CC(C)Nc1nccc2c1C(c1cc(N3C[C@@H](F)[C@H](F)C3)ccn1)=NC2.COc1ccc(Cn2n[c]([Sn]([CH3])([CH3])[CH3])c3c(NC(C)C)nccc32)cc1.COc1ccc(Cn2nc(-c3cc(Cl)ccn3)c3c(NC(C)C)nccc32)cc1.COc1ccc(Cn2nc(-c3cc(N4C[C@@H](F)[C@H](F)C4)ccn3)c3c(NC(C)C)nccc32)cc1. The maximum atomic E-state index is 13.8. The van der Waals surface area contributed by atoms with Crippen molar-refractivity contribution in [3.8, 4) is 40.0 Å². The molecule has 0 spiro atoms. The smallest absolute Gasteiger partial charge is 0.150 e. The molecule has 604 valence electrons. The number of ether oxygens (including phenoxy) is 3. The number of nitrogens with one attached hydrogen (secondary N) is 4. The maximum Gasteiger partial charge on any atom is 0.150 e. The van der Waals surface area contributed by atoms with E-state index in [1.165, 1.54) is 14.7 Å². The van der Waals surface area contributed by atoms with Crippen molar-refractivity contribution in [2.24, 2.45) is 4.99 Å². The van der Waals surface area contributed by atoms with Gasteiger partial charge in [0.15, 0.2) is 24.7 Å². The van der Waals surface area contributed by atoms with Gasteiger partial charge in [-0.25, -0.2) is 32.5 Å². The number of aromatic nitrogens is 13. The average Bonchev–Trinajstić information content (AvgIpc) is 1.64. The minimum absolute atomic E-state index is 0.0268. The minimum Gasteiger partial charge on any atom is -0.497 e. The van der Waals surface area contributed by atoms with Crippen LogP contribution in [0.3, 0.4) is 0 Å². The van der Waals surface area contributed by atoms with Gasteiger partial charge in [-0.15, -0.1) is 0 Å². The Morgan fingerprint density at radius 1 is 0.414 bits per heavy atom. The first-order valence-corrected chi connectivity index (χ1v) is 49.3. The molecule has 10 aromatic heterocycles. The zero-order chi connectivity index (χ0) is 82.1. The first kappa shape index (κ1) is 82.8. The number of benzene rings is 3. The largest absolute Gasteiger partial charge is 0.497 e. The quantitative estimate of drug-likeness (QED) is 0.0344. The zero-order valence-electron chi connectivity index (χ0n) is 67.8. The van der Waals surface area contributed by atoms with E-state index in [1.54, 1.807) is 86.5 Å². The number of alkyl halides is 4. The van der Waals surface area contributed by atoms with Crippen molar-refractivity contribution in [2.45, 2.75) is 145 Å². The molecule has 4 atom stereocenters. The molecule has 116 heavy (non-hydrogen) atoms. The molecule has 2 saturated heterocycles. The topological polar surface area (TPSA) is 238 Å². The molecule has 0 radical (unpaired) electrons. The van der Waals surface area contributed by atoms with E-state index in [-0.39, 0.29) is 44.3 Å². The minimum atomic E-state index is -2.42. The Bertz CT molecular complexity index is 5550. The molecular weight excluding hydrogens is 1600 g/mol. The summed E-state index contributed by atoms with van der Waals surface area (Å²) in [5.74, 6) is 5.75. The normalized spacial score (nSPS) is 15.8. The first-order chi connectivity index (χ1) is 55.8. The van der Waals surface area contributed by atoms with Crippen LogP contribution in [0.2, 0.25) is 19.8 Å². The van der Waals surface area contributed by atoms with Gasteiger partial charge >= 0.3 is 160 Å². The summed E-state index contributed by atoms with van der Waals surface area (Å²) in [6.07, 6.45) is 6.38. The summed E-state index contributed by atoms with van der Waals surface area (Å²) >= 11 is 3.80. The average molecular weight is 1700 g/mol. The fourth-order valence-electron chi connectivity index (χ4n) is 14.1. The molecule has 0 saturated carbocycles. The van der Waals surface area contributed by atoms with E-state index in [0.29, 0.717) is 47.8 Å². The van der Waals surface area contributed by atoms with E-state index in [0.717, 1.165) is 125 Å². The molecule has 13 heterocycles. The van der Waals surface area contributed by atoms with Crippen molar-refractivity contribution < 1.29 is 31.8 Å². The Morgan fingerprint density at radius 3 is 1.16 bits per heavy atom. The first-order valence-electron chi connectivity index (χ1n) is 39.0. The number of halogens is 5. The molecule has 3 aliphatic heterocycles. The third-order valence-electron chi connectivity index (χ3n) is 19.6. The second kappa shape index (κ2) is 36.7. The van der Waals surface area contributed by atoms with Gasteiger partial charge in [0.25, 0.3) is 0 Å². The van der Waals surface area contributed by atoms with Gasteiger partial charge in [0.2, 0.25) is 0 Å².